The second-order valence-electron chi connectivity index (χ2n) is 5.62. The zero-order chi connectivity index (χ0) is 20.9. The molecule has 2 N–H and O–H groups in total. The summed E-state index contributed by atoms with van der Waals surface area (Å²) < 4.78 is 53.0. The van der Waals surface area contributed by atoms with Crippen LogP contribution in [0.4, 0.5) is 23.4 Å². The predicted octanol–water partition coefficient (Wildman–Crippen LogP) is 2.84. The standard InChI is InChI=1S/C17H13F4N7O/c18-8-11-5-12(7-13(6-11)17(19,20)21)16-24-10-28(27-16)4-2-15(29)26-25-14-1-3-22-9-23-14/h1-7,9-10H,8H2,(H,26,29)(H,22,23,25)/b4-2-. The van der Waals surface area contributed by atoms with E-state index in [0.717, 1.165) is 22.9 Å². The number of amides is 1. The summed E-state index contributed by atoms with van der Waals surface area (Å²) >= 11 is 0. The first kappa shape index (κ1) is 19.9. The number of halogens is 4. The topological polar surface area (TPSA) is 97.6 Å². The van der Waals surface area contributed by atoms with Crippen molar-refractivity contribution in [2.24, 2.45) is 0 Å². The van der Waals surface area contributed by atoms with Gasteiger partial charge in [0.05, 0.1) is 5.56 Å². The first-order valence-corrected chi connectivity index (χ1v) is 8.04. The molecule has 150 valence electrons. The number of hydrazine groups is 1. The van der Waals surface area contributed by atoms with Crippen LogP contribution in [0.1, 0.15) is 11.1 Å². The average Bonchev–Trinajstić information content (AvgIpc) is 3.19. The molecule has 3 aromatic rings. The van der Waals surface area contributed by atoms with Gasteiger partial charge in [0.15, 0.2) is 5.82 Å². The molecular weight excluding hydrogens is 394 g/mol. The second-order valence-corrected chi connectivity index (χ2v) is 5.62. The highest BCUT2D eigenvalue weighted by Crippen LogP contribution is 2.32. The molecule has 0 unspecified atom stereocenters. The molecule has 0 spiro atoms. The van der Waals surface area contributed by atoms with Gasteiger partial charge >= 0.3 is 6.18 Å². The lowest BCUT2D eigenvalue weighted by atomic mass is 10.1. The molecule has 0 saturated carbocycles. The molecule has 1 amide bonds. The normalized spacial score (nSPS) is 11.6. The molecule has 2 aromatic heterocycles. The first-order chi connectivity index (χ1) is 13.8. The number of alkyl halides is 4. The fourth-order valence-electron chi connectivity index (χ4n) is 2.22. The third-order valence-corrected chi connectivity index (χ3v) is 3.52. The van der Waals surface area contributed by atoms with Crippen LogP contribution < -0.4 is 10.9 Å². The largest absolute Gasteiger partial charge is 0.416 e. The molecule has 0 aliphatic heterocycles. The second kappa shape index (κ2) is 8.46. The zero-order valence-corrected chi connectivity index (χ0v) is 14.6. The smallest absolute Gasteiger partial charge is 0.282 e. The Morgan fingerprint density at radius 2 is 2.03 bits per heavy atom. The van der Waals surface area contributed by atoms with Gasteiger partial charge in [0, 0.05) is 30.1 Å². The lowest BCUT2D eigenvalue weighted by Crippen LogP contribution is -2.28. The van der Waals surface area contributed by atoms with E-state index in [1.165, 1.54) is 37.2 Å². The van der Waals surface area contributed by atoms with E-state index in [9.17, 15) is 22.4 Å². The number of hydrogen-bond acceptors (Lipinski definition) is 6. The van der Waals surface area contributed by atoms with Gasteiger partial charge in [-0.15, -0.1) is 5.10 Å². The van der Waals surface area contributed by atoms with Crippen LogP contribution in [0.3, 0.4) is 0 Å². The van der Waals surface area contributed by atoms with E-state index in [1.807, 2.05) is 0 Å². The third-order valence-electron chi connectivity index (χ3n) is 3.52. The molecule has 0 aliphatic carbocycles. The number of rotatable bonds is 6. The van der Waals surface area contributed by atoms with Crippen molar-refractivity contribution in [3.05, 3.63) is 60.3 Å². The quantitative estimate of drug-likeness (QED) is 0.371. The number of carbonyl (C=O) groups excluding carboxylic acids is 1. The Kier molecular flexibility index (Phi) is 5.81. The Morgan fingerprint density at radius 1 is 1.21 bits per heavy atom. The highest BCUT2D eigenvalue weighted by molar-refractivity contribution is 5.90. The van der Waals surface area contributed by atoms with Crippen LogP contribution in [-0.2, 0) is 17.6 Å². The van der Waals surface area contributed by atoms with E-state index < -0.39 is 24.3 Å². The summed E-state index contributed by atoms with van der Waals surface area (Å²) in [6, 6.07) is 4.34. The minimum absolute atomic E-state index is 0.00880. The van der Waals surface area contributed by atoms with E-state index in [4.69, 9.17) is 0 Å². The highest BCUT2D eigenvalue weighted by atomic mass is 19.4. The van der Waals surface area contributed by atoms with Crippen molar-refractivity contribution in [3.63, 3.8) is 0 Å². The molecular formula is C17H13F4N7O. The van der Waals surface area contributed by atoms with Crippen molar-refractivity contribution in [1.29, 1.82) is 0 Å². The molecule has 0 saturated heterocycles. The summed E-state index contributed by atoms with van der Waals surface area (Å²) in [5.41, 5.74) is 3.78. The Bertz CT molecular complexity index is 1020. The van der Waals surface area contributed by atoms with Gasteiger partial charge in [-0.3, -0.25) is 15.6 Å². The van der Waals surface area contributed by atoms with Crippen LogP contribution in [0.25, 0.3) is 17.6 Å². The van der Waals surface area contributed by atoms with Crippen molar-refractivity contribution in [3.8, 4) is 11.4 Å². The molecule has 0 fully saturated rings. The SMILES string of the molecule is O=C(/C=C\n1cnc(-c2cc(CF)cc(C(F)(F)F)c2)n1)NNc1ccncn1. The lowest BCUT2D eigenvalue weighted by molar-refractivity contribution is -0.137. The predicted molar refractivity (Wildman–Crippen MR) is 94.4 cm³/mol. The molecule has 29 heavy (non-hydrogen) atoms. The maximum absolute atomic E-state index is 13.0. The van der Waals surface area contributed by atoms with E-state index in [2.05, 4.69) is 30.9 Å². The summed E-state index contributed by atoms with van der Waals surface area (Å²) in [6.07, 6.45) is 1.71. The molecule has 2 heterocycles. The van der Waals surface area contributed by atoms with Gasteiger partial charge in [-0.05, 0) is 23.8 Å². The number of anilines is 1. The van der Waals surface area contributed by atoms with E-state index >= 15 is 0 Å². The molecule has 3 rings (SSSR count). The summed E-state index contributed by atoms with van der Waals surface area (Å²) in [6.45, 7) is -1.06. The zero-order valence-electron chi connectivity index (χ0n) is 14.6. The summed E-state index contributed by atoms with van der Waals surface area (Å²) in [5.74, 6) is -0.215. The van der Waals surface area contributed by atoms with Crippen LogP contribution in [0.15, 0.2) is 49.2 Å². The Morgan fingerprint density at radius 3 is 2.72 bits per heavy atom. The third kappa shape index (κ3) is 5.34. The molecule has 0 bridgehead atoms. The summed E-state index contributed by atoms with van der Waals surface area (Å²) in [4.78, 5) is 23.3. The molecule has 12 heteroatoms. The van der Waals surface area contributed by atoms with E-state index in [0.29, 0.717) is 5.82 Å². The minimum Gasteiger partial charge on any atom is -0.282 e. The molecule has 8 nitrogen and oxygen atoms in total. The Balaban J connectivity index is 1.70. The average molecular weight is 407 g/mol. The van der Waals surface area contributed by atoms with Crippen molar-refractivity contribution in [2.75, 3.05) is 5.43 Å². The van der Waals surface area contributed by atoms with E-state index in [1.54, 1.807) is 0 Å². The van der Waals surface area contributed by atoms with Gasteiger partial charge in [-0.2, -0.15) is 13.2 Å². The van der Waals surface area contributed by atoms with Crippen molar-refractivity contribution in [1.82, 2.24) is 30.2 Å². The molecule has 0 radical (unpaired) electrons. The van der Waals surface area contributed by atoms with Gasteiger partial charge in [-0.1, -0.05) is 0 Å². The van der Waals surface area contributed by atoms with Gasteiger partial charge < -0.3 is 0 Å². The van der Waals surface area contributed by atoms with Gasteiger partial charge in [0.2, 0.25) is 0 Å². The molecule has 0 atom stereocenters. The van der Waals surface area contributed by atoms with Crippen LogP contribution in [0.5, 0.6) is 0 Å². The summed E-state index contributed by atoms with van der Waals surface area (Å²) in [7, 11) is 0. The number of benzene rings is 1. The number of nitrogens with zero attached hydrogens (tertiary/aromatic N) is 5. The van der Waals surface area contributed by atoms with Crippen molar-refractivity contribution < 1.29 is 22.4 Å². The van der Waals surface area contributed by atoms with Crippen LogP contribution in [0, 0.1) is 0 Å². The van der Waals surface area contributed by atoms with Gasteiger partial charge in [0.1, 0.15) is 25.1 Å². The minimum atomic E-state index is -4.63. The van der Waals surface area contributed by atoms with Crippen LogP contribution in [0.2, 0.25) is 0 Å². The molecule has 0 aliphatic rings. The lowest BCUT2D eigenvalue weighted by Gasteiger charge is -2.09. The van der Waals surface area contributed by atoms with E-state index in [-0.39, 0.29) is 17.0 Å². The monoisotopic (exact) mass is 407 g/mol. The van der Waals surface area contributed by atoms with Crippen molar-refractivity contribution in [2.45, 2.75) is 12.9 Å². The summed E-state index contributed by atoms with van der Waals surface area (Å²) in [5, 5.41) is 3.98. The number of nitrogens with one attached hydrogen (secondary N) is 2. The van der Waals surface area contributed by atoms with Gasteiger partial charge in [0.25, 0.3) is 5.91 Å². The molecule has 1 aromatic carbocycles. The van der Waals surface area contributed by atoms with Crippen LogP contribution in [-0.4, -0.2) is 30.6 Å². The fourth-order valence-corrected chi connectivity index (χ4v) is 2.22. The number of carbonyl (C=O) groups is 1. The van der Waals surface area contributed by atoms with Crippen molar-refractivity contribution >= 4 is 17.9 Å². The fraction of sp³-hybridized carbons (Fsp3) is 0.118. The Labute approximate surface area is 161 Å². The number of aromatic nitrogens is 5. The maximum Gasteiger partial charge on any atom is 0.416 e. The highest BCUT2D eigenvalue weighted by Gasteiger charge is 2.31. The van der Waals surface area contributed by atoms with Crippen LogP contribution >= 0.6 is 0 Å². The maximum atomic E-state index is 13.0. The first-order valence-electron chi connectivity index (χ1n) is 8.04. The van der Waals surface area contributed by atoms with Gasteiger partial charge in [-0.25, -0.2) is 24.0 Å². The Hall–Kier alpha value is -3.83. The number of hydrogen-bond donors (Lipinski definition) is 2.